The van der Waals surface area contributed by atoms with Crippen LogP contribution in [0, 0.1) is 0 Å². The molecule has 0 aliphatic rings. The highest BCUT2D eigenvalue weighted by atomic mass is 35.5. The number of carbonyl (C=O) groups excluding carboxylic acids is 1. The molecule has 0 fully saturated rings. The van der Waals surface area contributed by atoms with Crippen LogP contribution in [0.25, 0.3) is 0 Å². The maximum absolute atomic E-state index is 12.3. The van der Waals surface area contributed by atoms with Gasteiger partial charge in [0.2, 0.25) is 5.91 Å². The van der Waals surface area contributed by atoms with Crippen molar-refractivity contribution in [2.24, 2.45) is 5.73 Å². The smallest absolute Gasteiger partial charge is 0.244 e. The number of hydrogen-bond donors (Lipinski definition) is 2. The fourth-order valence-corrected chi connectivity index (χ4v) is 2.20. The molecule has 4 heteroatoms. The van der Waals surface area contributed by atoms with Crippen LogP contribution in [-0.2, 0) is 16.8 Å². The van der Waals surface area contributed by atoms with E-state index in [0.29, 0.717) is 11.6 Å². The Bertz CT molecular complexity index is 594. The van der Waals surface area contributed by atoms with Crippen molar-refractivity contribution >= 4 is 17.5 Å². The summed E-state index contributed by atoms with van der Waals surface area (Å²) in [5.41, 5.74) is 7.05. The standard InChI is InChI=1S/C17H19ClN2O/c1-17(19,14-5-3-2-4-6-14)16(21)20-12-11-13-7-9-15(18)10-8-13/h2-10H,11-12,19H2,1H3,(H,20,21). The Labute approximate surface area is 130 Å². The average molecular weight is 303 g/mol. The molecule has 0 saturated heterocycles. The molecule has 1 unspecified atom stereocenters. The predicted molar refractivity (Wildman–Crippen MR) is 86.1 cm³/mol. The van der Waals surface area contributed by atoms with Gasteiger partial charge in [0.25, 0.3) is 0 Å². The molecular weight excluding hydrogens is 284 g/mol. The molecule has 0 aromatic heterocycles. The molecule has 1 atom stereocenters. The van der Waals surface area contributed by atoms with Gasteiger partial charge in [-0.25, -0.2) is 0 Å². The molecule has 0 radical (unpaired) electrons. The largest absolute Gasteiger partial charge is 0.354 e. The normalized spacial score (nSPS) is 13.5. The minimum absolute atomic E-state index is 0.178. The third kappa shape index (κ3) is 4.06. The Kier molecular flexibility index (Phi) is 4.99. The molecule has 0 aliphatic carbocycles. The molecule has 3 N–H and O–H groups in total. The summed E-state index contributed by atoms with van der Waals surface area (Å²) in [6, 6.07) is 17.0. The molecule has 0 bridgehead atoms. The van der Waals surface area contributed by atoms with E-state index in [0.717, 1.165) is 17.5 Å². The lowest BCUT2D eigenvalue weighted by atomic mass is 9.92. The minimum atomic E-state index is -1.03. The van der Waals surface area contributed by atoms with E-state index in [4.69, 9.17) is 17.3 Å². The van der Waals surface area contributed by atoms with Crippen molar-refractivity contribution in [2.45, 2.75) is 18.9 Å². The molecule has 0 spiro atoms. The van der Waals surface area contributed by atoms with Crippen LogP contribution in [0.1, 0.15) is 18.1 Å². The number of carbonyl (C=O) groups is 1. The van der Waals surface area contributed by atoms with E-state index >= 15 is 0 Å². The summed E-state index contributed by atoms with van der Waals surface area (Å²) >= 11 is 5.84. The van der Waals surface area contributed by atoms with Gasteiger partial charge in [-0.2, -0.15) is 0 Å². The van der Waals surface area contributed by atoms with Crippen LogP contribution in [0.2, 0.25) is 5.02 Å². The topological polar surface area (TPSA) is 55.1 Å². The molecule has 2 rings (SSSR count). The number of amides is 1. The third-order valence-electron chi connectivity index (χ3n) is 3.46. The van der Waals surface area contributed by atoms with Gasteiger partial charge in [-0.15, -0.1) is 0 Å². The van der Waals surface area contributed by atoms with Gasteiger partial charge in [-0.1, -0.05) is 54.1 Å². The number of rotatable bonds is 5. The van der Waals surface area contributed by atoms with Crippen molar-refractivity contribution in [3.8, 4) is 0 Å². The van der Waals surface area contributed by atoms with Crippen LogP contribution >= 0.6 is 11.6 Å². The van der Waals surface area contributed by atoms with Gasteiger partial charge in [-0.3, -0.25) is 4.79 Å². The Morgan fingerprint density at radius 2 is 1.76 bits per heavy atom. The van der Waals surface area contributed by atoms with Gasteiger partial charge in [0.1, 0.15) is 5.54 Å². The van der Waals surface area contributed by atoms with Gasteiger partial charge in [0.05, 0.1) is 0 Å². The molecule has 0 aliphatic heterocycles. The maximum atomic E-state index is 12.3. The summed E-state index contributed by atoms with van der Waals surface area (Å²) in [6.45, 7) is 2.26. The zero-order valence-corrected chi connectivity index (χ0v) is 12.7. The second kappa shape index (κ2) is 6.74. The summed E-state index contributed by atoms with van der Waals surface area (Å²) in [6.07, 6.45) is 0.744. The number of hydrogen-bond acceptors (Lipinski definition) is 2. The first kappa shape index (κ1) is 15.5. The first-order chi connectivity index (χ1) is 10.00. The molecule has 0 heterocycles. The lowest BCUT2D eigenvalue weighted by molar-refractivity contribution is -0.126. The summed E-state index contributed by atoms with van der Waals surface area (Å²) in [5, 5.41) is 3.60. The summed E-state index contributed by atoms with van der Waals surface area (Å²) in [5.74, 6) is -0.178. The highest BCUT2D eigenvalue weighted by Gasteiger charge is 2.29. The maximum Gasteiger partial charge on any atom is 0.244 e. The van der Waals surface area contributed by atoms with Gasteiger partial charge in [0, 0.05) is 11.6 Å². The SMILES string of the molecule is CC(N)(C(=O)NCCc1ccc(Cl)cc1)c1ccccc1. The Morgan fingerprint density at radius 1 is 1.14 bits per heavy atom. The van der Waals surface area contributed by atoms with Crippen LogP contribution in [0.4, 0.5) is 0 Å². The first-order valence-corrected chi connectivity index (χ1v) is 7.25. The van der Waals surface area contributed by atoms with E-state index in [2.05, 4.69) is 5.32 Å². The lowest BCUT2D eigenvalue weighted by Gasteiger charge is -2.24. The van der Waals surface area contributed by atoms with Crippen molar-refractivity contribution in [2.75, 3.05) is 6.54 Å². The second-order valence-electron chi connectivity index (χ2n) is 5.20. The van der Waals surface area contributed by atoms with Crippen molar-refractivity contribution < 1.29 is 4.79 Å². The van der Waals surface area contributed by atoms with Crippen molar-refractivity contribution in [1.29, 1.82) is 0 Å². The van der Waals surface area contributed by atoms with Crippen molar-refractivity contribution in [3.63, 3.8) is 0 Å². The number of nitrogens with one attached hydrogen (secondary N) is 1. The highest BCUT2D eigenvalue weighted by Crippen LogP contribution is 2.17. The van der Waals surface area contributed by atoms with E-state index in [1.165, 1.54) is 0 Å². The zero-order valence-electron chi connectivity index (χ0n) is 12.0. The monoisotopic (exact) mass is 302 g/mol. The summed E-state index contributed by atoms with van der Waals surface area (Å²) in [4.78, 5) is 12.3. The van der Waals surface area contributed by atoms with Crippen molar-refractivity contribution in [1.82, 2.24) is 5.32 Å². The van der Waals surface area contributed by atoms with Crippen LogP contribution in [-0.4, -0.2) is 12.5 Å². The van der Waals surface area contributed by atoms with Crippen LogP contribution < -0.4 is 11.1 Å². The number of halogens is 1. The summed E-state index contributed by atoms with van der Waals surface area (Å²) < 4.78 is 0. The van der Waals surface area contributed by atoms with Gasteiger partial charge < -0.3 is 11.1 Å². The molecule has 0 saturated carbocycles. The molecule has 2 aromatic carbocycles. The van der Waals surface area contributed by atoms with Gasteiger partial charge in [0.15, 0.2) is 0 Å². The predicted octanol–water partition coefficient (Wildman–Crippen LogP) is 2.87. The molecule has 21 heavy (non-hydrogen) atoms. The number of benzene rings is 2. The Morgan fingerprint density at radius 3 is 2.38 bits per heavy atom. The Balaban J connectivity index is 1.91. The van der Waals surface area contributed by atoms with E-state index in [1.54, 1.807) is 6.92 Å². The fraction of sp³-hybridized carbons (Fsp3) is 0.235. The van der Waals surface area contributed by atoms with E-state index in [9.17, 15) is 4.79 Å². The molecule has 3 nitrogen and oxygen atoms in total. The zero-order chi connectivity index (χ0) is 15.3. The Hall–Kier alpha value is -1.84. The quantitative estimate of drug-likeness (QED) is 0.892. The van der Waals surface area contributed by atoms with E-state index in [1.807, 2.05) is 54.6 Å². The van der Waals surface area contributed by atoms with E-state index in [-0.39, 0.29) is 5.91 Å². The second-order valence-corrected chi connectivity index (χ2v) is 5.64. The van der Waals surface area contributed by atoms with Crippen molar-refractivity contribution in [3.05, 3.63) is 70.7 Å². The van der Waals surface area contributed by atoms with Gasteiger partial charge in [-0.05, 0) is 36.6 Å². The number of nitrogens with two attached hydrogens (primary N) is 1. The molecule has 1 amide bonds. The minimum Gasteiger partial charge on any atom is -0.354 e. The summed E-state index contributed by atoms with van der Waals surface area (Å²) in [7, 11) is 0. The highest BCUT2D eigenvalue weighted by molar-refractivity contribution is 6.30. The first-order valence-electron chi connectivity index (χ1n) is 6.87. The molecule has 2 aromatic rings. The van der Waals surface area contributed by atoms with Gasteiger partial charge >= 0.3 is 0 Å². The molecule has 110 valence electrons. The van der Waals surface area contributed by atoms with Crippen LogP contribution in [0.15, 0.2) is 54.6 Å². The molecular formula is C17H19ClN2O. The average Bonchev–Trinajstić information content (AvgIpc) is 2.50. The van der Waals surface area contributed by atoms with Crippen LogP contribution in [0.5, 0.6) is 0 Å². The lowest BCUT2D eigenvalue weighted by Crippen LogP contribution is -2.49. The van der Waals surface area contributed by atoms with Crippen LogP contribution in [0.3, 0.4) is 0 Å². The van der Waals surface area contributed by atoms with E-state index < -0.39 is 5.54 Å². The fourth-order valence-electron chi connectivity index (χ4n) is 2.07. The third-order valence-corrected chi connectivity index (χ3v) is 3.71.